The van der Waals surface area contributed by atoms with Gasteiger partial charge in [-0.1, -0.05) is 5.56 Å². The van der Waals surface area contributed by atoms with Crippen molar-refractivity contribution in [3.63, 3.8) is 0 Å². The average molecular weight is 232 g/mol. The number of rotatable bonds is 1. The molecule has 0 aliphatic carbocycles. The molecule has 0 spiro atoms. The van der Waals surface area contributed by atoms with Crippen LogP contribution >= 0.6 is 0 Å². The number of primary amides is 1. The van der Waals surface area contributed by atoms with Gasteiger partial charge in [-0.25, -0.2) is 12.1 Å². The van der Waals surface area contributed by atoms with Gasteiger partial charge in [-0.05, 0) is 0 Å². The van der Waals surface area contributed by atoms with Gasteiger partial charge >= 0.3 is 0 Å². The van der Waals surface area contributed by atoms with Crippen LogP contribution in [0.4, 0.5) is 0 Å². The molecule has 81 valence electrons. The molecule has 0 aliphatic rings. The second-order valence-corrected chi connectivity index (χ2v) is 2.50. The Kier molecular flexibility index (Phi) is 6.44. The predicted molar refractivity (Wildman–Crippen MR) is 52.6 cm³/mol. The molecule has 3 heteroatoms. The molecule has 2 aromatic carbocycles. The van der Waals surface area contributed by atoms with E-state index in [-0.39, 0.29) is 22.7 Å². The SMILES string of the molecule is NC(=O)[c-]1cccc1.[Co].[cH-]1[cH-][cH-][cH-][cH-]1. The zero-order valence-corrected chi connectivity index (χ0v) is 8.56. The molecule has 0 atom stereocenters. The fourth-order valence-electron chi connectivity index (χ4n) is 0.859. The molecular weight excluding hydrogens is 221 g/mol. The van der Waals surface area contributed by atoms with Gasteiger partial charge in [0.1, 0.15) is 0 Å². The summed E-state index contributed by atoms with van der Waals surface area (Å²) in [5.41, 5.74) is 5.49. The van der Waals surface area contributed by atoms with Crippen LogP contribution in [0.15, 0.2) is 54.6 Å². The number of amides is 1. The molecule has 2 rings (SSSR count). The molecule has 0 aromatic heterocycles. The Morgan fingerprint density at radius 1 is 1.00 bits per heavy atom. The van der Waals surface area contributed by atoms with E-state index in [0.717, 1.165) is 0 Å². The van der Waals surface area contributed by atoms with Crippen molar-refractivity contribution in [1.29, 1.82) is 0 Å². The van der Waals surface area contributed by atoms with Crippen LogP contribution in [0.5, 0.6) is 0 Å². The van der Waals surface area contributed by atoms with Gasteiger partial charge < -0.3 is 36.1 Å². The van der Waals surface area contributed by atoms with E-state index in [9.17, 15) is 4.79 Å². The minimum atomic E-state index is -0.366. The van der Waals surface area contributed by atoms with Crippen LogP contribution in [-0.2, 0) is 16.8 Å². The van der Waals surface area contributed by atoms with Crippen LogP contribution in [0.1, 0.15) is 10.4 Å². The van der Waals surface area contributed by atoms with Crippen molar-refractivity contribution in [3.05, 3.63) is 60.2 Å². The van der Waals surface area contributed by atoms with Crippen LogP contribution in [0.25, 0.3) is 0 Å². The van der Waals surface area contributed by atoms with Crippen molar-refractivity contribution < 1.29 is 21.6 Å². The van der Waals surface area contributed by atoms with E-state index in [4.69, 9.17) is 5.73 Å². The number of carbonyl (C=O) groups is 1. The first-order chi connectivity index (χ1) is 6.30. The Labute approximate surface area is 93.7 Å². The monoisotopic (exact) mass is 232 g/mol. The van der Waals surface area contributed by atoms with Gasteiger partial charge in [0.25, 0.3) is 0 Å². The first kappa shape index (κ1) is 12.7. The second kappa shape index (κ2) is 7.12. The van der Waals surface area contributed by atoms with Gasteiger partial charge in [0, 0.05) is 16.8 Å². The van der Waals surface area contributed by atoms with E-state index >= 15 is 0 Å². The molecule has 0 bridgehead atoms. The van der Waals surface area contributed by atoms with Gasteiger partial charge in [0.15, 0.2) is 5.91 Å². The molecule has 0 heterocycles. The van der Waals surface area contributed by atoms with Crippen LogP contribution in [-0.4, -0.2) is 5.91 Å². The molecular formula is C11H11CoNO-6. The Morgan fingerprint density at radius 3 is 1.57 bits per heavy atom. The normalized spacial score (nSPS) is 8.00. The number of carbonyl (C=O) groups excluding carboxylic acids is 1. The summed E-state index contributed by atoms with van der Waals surface area (Å²) in [4.78, 5) is 10.3. The number of nitrogens with two attached hydrogens (primary N) is 1. The van der Waals surface area contributed by atoms with E-state index < -0.39 is 0 Å². The van der Waals surface area contributed by atoms with Crippen molar-refractivity contribution in [2.75, 3.05) is 0 Å². The molecule has 1 radical (unpaired) electrons. The predicted octanol–water partition coefficient (Wildman–Crippen LogP) is 1.91. The van der Waals surface area contributed by atoms with Gasteiger partial charge in [0.05, 0.1) is 0 Å². The largest absolute Gasteiger partial charge is 0.748 e. The zero-order chi connectivity index (χ0) is 9.52. The fourth-order valence-corrected chi connectivity index (χ4v) is 0.859. The summed E-state index contributed by atoms with van der Waals surface area (Å²) in [6, 6.07) is 16.9. The smallest absolute Gasteiger partial charge is 0.192 e. The van der Waals surface area contributed by atoms with Crippen LogP contribution < -0.4 is 5.73 Å². The minimum Gasteiger partial charge on any atom is -0.748 e. The summed E-state index contributed by atoms with van der Waals surface area (Å²) in [7, 11) is 0. The molecule has 0 saturated carbocycles. The van der Waals surface area contributed by atoms with E-state index in [1.807, 2.05) is 30.3 Å². The van der Waals surface area contributed by atoms with Crippen molar-refractivity contribution in [2.45, 2.75) is 0 Å². The average Bonchev–Trinajstić information content (AvgIpc) is 2.82. The minimum absolute atomic E-state index is 0. The molecule has 2 aromatic rings. The summed E-state index contributed by atoms with van der Waals surface area (Å²) >= 11 is 0. The summed E-state index contributed by atoms with van der Waals surface area (Å²) in [5.74, 6) is -0.366. The van der Waals surface area contributed by atoms with Crippen molar-refractivity contribution >= 4 is 5.91 Å². The summed E-state index contributed by atoms with van der Waals surface area (Å²) in [6.07, 6.45) is 0. The van der Waals surface area contributed by atoms with E-state index in [0.29, 0.717) is 5.56 Å². The van der Waals surface area contributed by atoms with E-state index in [2.05, 4.69) is 0 Å². The third kappa shape index (κ3) is 4.64. The van der Waals surface area contributed by atoms with Gasteiger partial charge in [-0.15, -0.1) is 0 Å². The van der Waals surface area contributed by atoms with Crippen LogP contribution in [0.2, 0.25) is 0 Å². The summed E-state index contributed by atoms with van der Waals surface area (Å²) in [6.45, 7) is 0. The van der Waals surface area contributed by atoms with Crippen molar-refractivity contribution in [2.24, 2.45) is 5.73 Å². The first-order valence-corrected chi connectivity index (χ1v) is 3.99. The molecule has 0 fully saturated rings. The maximum atomic E-state index is 10.3. The topological polar surface area (TPSA) is 43.1 Å². The van der Waals surface area contributed by atoms with E-state index in [1.54, 1.807) is 24.3 Å². The molecule has 0 saturated heterocycles. The summed E-state index contributed by atoms with van der Waals surface area (Å²) < 4.78 is 0. The standard InChI is InChI=1S/C6H6NO.C5H5.Co/c7-6(8)5-3-1-2-4-5;1-2-4-5-3-1;/h1-4H,(H2,7,8);1-5H;/q-1;-5;. The van der Waals surface area contributed by atoms with Crippen LogP contribution in [0, 0.1) is 0 Å². The van der Waals surface area contributed by atoms with E-state index in [1.165, 1.54) is 0 Å². The van der Waals surface area contributed by atoms with Gasteiger partial charge in [0.2, 0.25) is 0 Å². The quantitative estimate of drug-likeness (QED) is 0.750. The molecule has 14 heavy (non-hydrogen) atoms. The summed E-state index contributed by atoms with van der Waals surface area (Å²) in [5, 5.41) is 0. The van der Waals surface area contributed by atoms with Gasteiger partial charge in [-0.3, -0.25) is 4.79 Å². The van der Waals surface area contributed by atoms with Crippen LogP contribution in [0.3, 0.4) is 0 Å². The second-order valence-electron chi connectivity index (χ2n) is 2.50. The third-order valence-electron chi connectivity index (χ3n) is 1.50. The molecule has 2 N–H and O–H groups in total. The maximum Gasteiger partial charge on any atom is 0.192 e. The Morgan fingerprint density at radius 2 is 1.36 bits per heavy atom. The Bertz CT molecular complexity index is 307. The third-order valence-corrected chi connectivity index (χ3v) is 1.50. The Hall–Kier alpha value is -1.32. The van der Waals surface area contributed by atoms with Crippen molar-refractivity contribution in [1.82, 2.24) is 0 Å². The zero-order valence-electron chi connectivity index (χ0n) is 7.52. The molecule has 0 aliphatic heterocycles. The van der Waals surface area contributed by atoms with Gasteiger partial charge in [-0.2, -0.15) is 12.1 Å². The number of hydrogen-bond acceptors (Lipinski definition) is 1. The molecule has 1 amide bonds. The van der Waals surface area contributed by atoms with Crippen molar-refractivity contribution in [3.8, 4) is 0 Å². The first-order valence-electron chi connectivity index (χ1n) is 3.99. The molecule has 0 unspecified atom stereocenters. The Balaban J connectivity index is 0.000000246. The number of hydrogen-bond donors (Lipinski definition) is 1. The maximum absolute atomic E-state index is 10.3. The fraction of sp³-hybridized carbons (Fsp3) is 0. The molecule has 2 nitrogen and oxygen atoms in total.